The predicted molar refractivity (Wildman–Crippen MR) is 135 cm³/mol. The maximum atomic E-state index is 13.7. The highest BCUT2D eigenvalue weighted by atomic mass is 32.1. The van der Waals surface area contributed by atoms with E-state index in [1.807, 2.05) is 47.2 Å². The van der Waals surface area contributed by atoms with Crippen LogP contribution in [-0.2, 0) is 12.0 Å². The number of imidazole rings is 1. The van der Waals surface area contributed by atoms with Crippen LogP contribution < -0.4 is 9.64 Å². The molecule has 2 aromatic heterocycles. The Morgan fingerprint density at radius 1 is 1.15 bits per heavy atom. The van der Waals surface area contributed by atoms with Gasteiger partial charge in [0.25, 0.3) is 5.91 Å². The maximum Gasteiger partial charge on any atom is 0.260 e. The molecule has 0 fully saturated rings. The third-order valence-corrected chi connectivity index (χ3v) is 6.96. The lowest BCUT2D eigenvalue weighted by atomic mass is 9.86. The third kappa shape index (κ3) is 4.93. The van der Waals surface area contributed by atoms with Crippen LogP contribution in [0.15, 0.2) is 55.1 Å². The van der Waals surface area contributed by atoms with Crippen LogP contribution in [0.1, 0.15) is 48.7 Å². The molecule has 33 heavy (non-hydrogen) atoms. The molecule has 7 heteroatoms. The number of benzene rings is 2. The lowest BCUT2D eigenvalue weighted by Gasteiger charge is -2.22. The zero-order valence-corrected chi connectivity index (χ0v) is 20.6. The Labute approximate surface area is 198 Å². The Morgan fingerprint density at radius 3 is 2.55 bits per heavy atom. The molecule has 0 bridgehead atoms. The van der Waals surface area contributed by atoms with Crippen LogP contribution >= 0.6 is 11.3 Å². The fraction of sp³-hybridized carbons (Fsp3) is 0.346. The molecule has 0 unspecified atom stereocenters. The second kappa shape index (κ2) is 9.35. The number of carbonyl (C=O) groups excluding carboxylic acids is 1. The summed E-state index contributed by atoms with van der Waals surface area (Å²) in [5.41, 5.74) is 3.82. The van der Waals surface area contributed by atoms with Crippen LogP contribution in [0.2, 0.25) is 0 Å². The average Bonchev–Trinajstić information content (AvgIpc) is 3.47. The highest BCUT2D eigenvalue weighted by molar-refractivity contribution is 7.22. The molecular formula is C26H30N4O2S. The molecule has 1 amide bonds. The summed E-state index contributed by atoms with van der Waals surface area (Å²) in [5.74, 6) is 0.676. The number of aryl methyl sites for hydroxylation is 2. The van der Waals surface area contributed by atoms with Crippen molar-refractivity contribution in [1.29, 1.82) is 0 Å². The minimum Gasteiger partial charge on any atom is -0.494 e. The van der Waals surface area contributed by atoms with Crippen molar-refractivity contribution in [2.45, 2.75) is 46.1 Å². The van der Waals surface area contributed by atoms with E-state index in [9.17, 15) is 4.79 Å². The standard InChI is InChI=1S/C26H30N4O2S/c1-18-7-12-21(32-5)22-23(18)33-25(28-22)30(15-6-14-29-16-13-27-17-29)24(31)19-8-10-20(11-9-19)26(2,3)4/h7-13,16-17H,6,14-15H2,1-5H3. The van der Waals surface area contributed by atoms with Gasteiger partial charge in [-0.15, -0.1) is 0 Å². The highest BCUT2D eigenvalue weighted by Crippen LogP contribution is 2.37. The van der Waals surface area contributed by atoms with Gasteiger partial charge in [-0.1, -0.05) is 50.3 Å². The molecule has 2 heterocycles. The summed E-state index contributed by atoms with van der Waals surface area (Å²) in [6.45, 7) is 9.90. The SMILES string of the molecule is COc1ccc(C)c2sc(N(CCCn3ccnc3)C(=O)c3ccc(C(C)(C)C)cc3)nc12. The van der Waals surface area contributed by atoms with Gasteiger partial charge < -0.3 is 9.30 Å². The predicted octanol–water partition coefficient (Wildman–Crippen LogP) is 5.84. The van der Waals surface area contributed by atoms with Crippen molar-refractivity contribution in [2.75, 3.05) is 18.6 Å². The zero-order valence-electron chi connectivity index (χ0n) is 19.8. The molecule has 0 spiro atoms. The lowest BCUT2D eigenvalue weighted by molar-refractivity contribution is 0.0986. The molecule has 0 saturated heterocycles. The van der Waals surface area contributed by atoms with E-state index in [0.29, 0.717) is 17.2 Å². The van der Waals surface area contributed by atoms with E-state index in [2.05, 4.69) is 32.7 Å². The molecule has 4 rings (SSSR count). The minimum atomic E-state index is -0.0447. The van der Waals surface area contributed by atoms with E-state index in [0.717, 1.165) is 34.5 Å². The van der Waals surface area contributed by atoms with Gasteiger partial charge in [0.1, 0.15) is 11.3 Å². The smallest absolute Gasteiger partial charge is 0.260 e. The molecule has 0 aliphatic carbocycles. The lowest BCUT2D eigenvalue weighted by Crippen LogP contribution is -2.32. The average molecular weight is 463 g/mol. The van der Waals surface area contributed by atoms with Crippen LogP contribution in [0.3, 0.4) is 0 Å². The van der Waals surface area contributed by atoms with Crippen LogP contribution in [0, 0.1) is 6.92 Å². The first-order chi connectivity index (χ1) is 15.8. The first kappa shape index (κ1) is 23.0. The number of ether oxygens (including phenoxy) is 1. The van der Waals surface area contributed by atoms with Gasteiger partial charge >= 0.3 is 0 Å². The van der Waals surface area contributed by atoms with Gasteiger partial charge in [0.15, 0.2) is 5.13 Å². The summed E-state index contributed by atoms with van der Waals surface area (Å²) >= 11 is 1.53. The van der Waals surface area contributed by atoms with Gasteiger partial charge in [-0.05, 0) is 48.1 Å². The molecular weight excluding hydrogens is 432 g/mol. The van der Waals surface area contributed by atoms with Gasteiger partial charge in [-0.2, -0.15) is 0 Å². The quantitative estimate of drug-likeness (QED) is 0.346. The highest BCUT2D eigenvalue weighted by Gasteiger charge is 2.23. The largest absolute Gasteiger partial charge is 0.494 e. The number of methoxy groups -OCH3 is 1. The van der Waals surface area contributed by atoms with Crippen molar-refractivity contribution in [3.8, 4) is 5.75 Å². The topological polar surface area (TPSA) is 60.2 Å². The van der Waals surface area contributed by atoms with Crippen molar-refractivity contribution >= 4 is 32.6 Å². The van der Waals surface area contributed by atoms with E-state index in [-0.39, 0.29) is 11.3 Å². The van der Waals surface area contributed by atoms with Gasteiger partial charge in [-0.25, -0.2) is 9.97 Å². The summed E-state index contributed by atoms with van der Waals surface area (Å²) in [5, 5.41) is 0.688. The van der Waals surface area contributed by atoms with E-state index in [1.165, 1.54) is 16.9 Å². The summed E-state index contributed by atoms with van der Waals surface area (Å²) in [6.07, 6.45) is 6.28. The molecule has 4 aromatic rings. The Hall–Kier alpha value is -3.19. The Balaban J connectivity index is 1.68. The summed E-state index contributed by atoms with van der Waals surface area (Å²) in [7, 11) is 1.65. The molecule has 0 aliphatic heterocycles. The number of hydrogen-bond acceptors (Lipinski definition) is 5. The number of nitrogens with zero attached hydrogens (tertiary/aromatic N) is 4. The number of hydrogen-bond donors (Lipinski definition) is 0. The Bertz CT molecular complexity index is 1240. The van der Waals surface area contributed by atoms with Crippen molar-refractivity contribution in [1.82, 2.24) is 14.5 Å². The second-order valence-electron chi connectivity index (χ2n) is 9.20. The van der Waals surface area contributed by atoms with Gasteiger partial charge in [-0.3, -0.25) is 9.69 Å². The Kier molecular flexibility index (Phi) is 6.51. The number of thiazole rings is 1. The second-order valence-corrected chi connectivity index (χ2v) is 10.2. The molecule has 0 saturated carbocycles. The summed E-state index contributed by atoms with van der Waals surface area (Å²) in [4.78, 5) is 24.4. The fourth-order valence-corrected chi connectivity index (χ4v) is 4.84. The third-order valence-electron chi connectivity index (χ3n) is 5.74. The minimum absolute atomic E-state index is 0.0349. The summed E-state index contributed by atoms with van der Waals surface area (Å²) in [6, 6.07) is 11.9. The number of carbonyl (C=O) groups is 1. The van der Waals surface area contributed by atoms with Crippen molar-refractivity contribution in [2.24, 2.45) is 0 Å². The van der Waals surface area contributed by atoms with E-state index >= 15 is 0 Å². The number of aromatic nitrogens is 3. The molecule has 6 nitrogen and oxygen atoms in total. The summed E-state index contributed by atoms with van der Waals surface area (Å²) < 4.78 is 8.59. The van der Waals surface area contributed by atoms with E-state index < -0.39 is 0 Å². The monoisotopic (exact) mass is 462 g/mol. The molecule has 0 N–H and O–H groups in total. The van der Waals surface area contributed by atoms with E-state index in [1.54, 1.807) is 24.5 Å². The molecule has 0 atom stereocenters. The van der Waals surface area contributed by atoms with Gasteiger partial charge in [0.05, 0.1) is 18.1 Å². The van der Waals surface area contributed by atoms with Crippen LogP contribution in [0.4, 0.5) is 5.13 Å². The molecule has 172 valence electrons. The first-order valence-corrected chi connectivity index (χ1v) is 11.9. The fourth-order valence-electron chi connectivity index (χ4n) is 3.76. The van der Waals surface area contributed by atoms with Crippen LogP contribution in [-0.4, -0.2) is 34.1 Å². The van der Waals surface area contributed by atoms with Crippen LogP contribution in [0.5, 0.6) is 5.75 Å². The molecule has 0 radical (unpaired) electrons. The van der Waals surface area contributed by atoms with Gasteiger partial charge in [0.2, 0.25) is 0 Å². The van der Waals surface area contributed by atoms with Crippen LogP contribution in [0.25, 0.3) is 10.2 Å². The zero-order chi connectivity index (χ0) is 23.6. The van der Waals surface area contributed by atoms with Gasteiger partial charge in [0, 0.05) is 31.0 Å². The normalized spacial score (nSPS) is 11.7. The number of anilines is 1. The van der Waals surface area contributed by atoms with Crippen molar-refractivity contribution < 1.29 is 9.53 Å². The van der Waals surface area contributed by atoms with Crippen molar-refractivity contribution in [3.05, 3.63) is 71.8 Å². The van der Waals surface area contributed by atoms with Crippen molar-refractivity contribution in [3.63, 3.8) is 0 Å². The Morgan fingerprint density at radius 2 is 1.91 bits per heavy atom. The number of amides is 1. The van der Waals surface area contributed by atoms with E-state index in [4.69, 9.17) is 9.72 Å². The maximum absolute atomic E-state index is 13.7. The number of fused-ring (bicyclic) bond motifs is 1. The number of rotatable bonds is 7. The molecule has 0 aliphatic rings. The first-order valence-electron chi connectivity index (χ1n) is 11.1. The molecule has 2 aromatic carbocycles.